The zero-order valence-electron chi connectivity index (χ0n) is 10.4. The lowest BCUT2D eigenvalue weighted by Crippen LogP contribution is -2.47. The van der Waals surface area contributed by atoms with Crippen LogP contribution in [0.4, 0.5) is 13.2 Å². The third-order valence-corrected chi connectivity index (χ3v) is 4.40. The molecule has 1 aromatic rings. The molecule has 1 aromatic carbocycles. The molecule has 0 aliphatic heterocycles. The van der Waals surface area contributed by atoms with Gasteiger partial charge >= 0.3 is 6.18 Å². The molecule has 1 fully saturated rings. The van der Waals surface area contributed by atoms with Gasteiger partial charge in [-0.1, -0.05) is 11.6 Å². The van der Waals surface area contributed by atoms with Gasteiger partial charge in [-0.2, -0.15) is 13.2 Å². The maximum absolute atomic E-state index is 12.8. The molecule has 1 aliphatic rings. The summed E-state index contributed by atoms with van der Waals surface area (Å²) in [5.74, 6) is -1.10. The summed E-state index contributed by atoms with van der Waals surface area (Å²) < 4.78 is 60.7. The number of primary sulfonamides is 1. The Morgan fingerprint density at radius 3 is 2.33 bits per heavy atom. The van der Waals surface area contributed by atoms with Crippen molar-refractivity contribution in [3.8, 4) is 0 Å². The minimum absolute atomic E-state index is 0.169. The maximum Gasteiger partial charge on any atom is 0.411 e. The molecule has 0 saturated heterocycles. The highest BCUT2D eigenvalue weighted by Gasteiger charge is 2.64. The number of halogens is 4. The van der Waals surface area contributed by atoms with Crippen LogP contribution in [-0.2, 0) is 10.0 Å². The molecule has 0 unspecified atom stereocenters. The van der Waals surface area contributed by atoms with Gasteiger partial charge in [0.25, 0.3) is 5.91 Å². The summed E-state index contributed by atoms with van der Waals surface area (Å²) in [7, 11) is -4.09. The third kappa shape index (κ3) is 3.14. The molecule has 116 valence electrons. The average molecular weight is 343 g/mol. The lowest BCUT2D eigenvalue weighted by Gasteiger charge is -2.21. The van der Waals surface area contributed by atoms with Crippen LogP contribution in [0.5, 0.6) is 0 Å². The molecular weight excluding hydrogens is 333 g/mol. The van der Waals surface area contributed by atoms with E-state index in [0.29, 0.717) is 0 Å². The fraction of sp³-hybridized carbons (Fsp3) is 0.364. The van der Waals surface area contributed by atoms with Gasteiger partial charge in [-0.05, 0) is 31.0 Å². The maximum atomic E-state index is 12.8. The fourth-order valence-electron chi connectivity index (χ4n) is 1.74. The second kappa shape index (κ2) is 4.85. The lowest BCUT2D eigenvalue weighted by atomic mass is 10.1. The minimum Gasteiger partial charge on any atom is -0.338 e. The average Bonchev–Trinajstić information content (AvgIpc) is 3.08. The summed E-state index contributed by atoms with van der Waals surface area (Å²) in [6.07, 6.45) is -5.03. The van der Waals surface area contributed by atoms with Gasteiger partial charge in [0.1, 0.15) is 5.54 Å². The highest BCUT2D eigenvalue weighted by molar-refractivity contribution is 7.89. The number of carbonyl (C=O) groups excluding carboxylic acids is 1. The van der Waals surface area contributed by atoms with E-state index >= 15 is 0 Å². The van der Waals surface area contributed by atoms with Gasteiger partial charge in [0, 0.05) is 0 Å². The molecule has 1 saturated carbocycles. The Kier molecular flexibility index (Phi) is 3.71. The predicted octanol–water partition coefficient (Wildman–Crippen LogP) is 1.81. The first-order chi connectivity index (χ1) is 9.46. The number of sulfonamides is 1. The van der Waals surface area contributed by atoms with E-state index in [0.717, 1.165) is 18.2 Å². The highest BCUT2D eigenvalue weighted by Crippen LogP contribution is 2.49. The number of amides is 1. The highest BCUT2D eigenvalue weighted by atomic mass is 35.5. The van der Waals surface area contributed by atoms with Crippen LogP contribution < -0.4 is 10.5 Å². The Hall–Kier alpha value is -1.32. The van der Waals surface area contributed by atoms with Crippen molar-refractivity contribution in [1.29, 1.82) is 0 Å². The number of hydrogen-bond acceptors (Lipinski definition) is 3. The van der Waals surface area contributed by atoms with E-state index in [1.165, 1.54) is 0 Å². The molecule has 3 N–H and O–H groups in total. The number of nitrogens with two attached hydrogens (primary N) is 1. The van der Waals surface area contributed by atoms with Crippen LogP contribution in [0, 0.1) is 0 Å². The molecule has 10 heteroatoms. The minimum atomic E-state index is -4.58. The Balaban J connectivity index is 2.32. The number of rotatable bonds is 3. The Morgan fingerprint density at radius 2 is 1.90 bits per heavy atom. The Bertz CT molecular complexity index is 699. The van der Waals surface area contributed by atoms with Crippen LogP contribution in [0.15, 0.2) is 23.1 Å². The van der Waals surface area contributed by atoms with Crippen LogP contribution in [0.2, 0.25) is 5.02 Å². The molecule has 1 amide bonds. The van der Waals surface area contributed by atoms with Gasteiger partial charge in [0.2, 0.25) is 10.0 Å². The van der Waals surface area contributed by atoms with Gasteiger partial charge in [0.05, 0.1) is 15.5 Å². The number of hydrogen-bond donors (Lipinski definition) is 2. The van der Waals surface area contributed by atoms with E-state index in [9.17, 15) is 26.4 Å². The topological polar surface area (TPSA) is 89.3 Å². The van der Waals surface area contributed by atoms with Crippen LogP contribution in [0.1, 0.15) is 23.2 Å². The summed E-state index contributed by atoms with van der Waals surface area (Å²) in [4.78, 5) is 11.5. The zero-order valence-corrected chi connectivity index (χ0v) is 11.9. The molecule has 0 bridgehead atoms. The van der Waals surface area contributed by atoms with E-state index in [1.54, 1.807) is 0 Å². The largest absolute Gasteiger partial charge is 0.411 e. The van der Waals surface area contributed by atoms with Crippen molar-refractivity contribution in [2.75, 3.05) is 0 Å². The quantitative estimate of drug-likeness (QED) is 0.878. The molecule has 1 aliphatic carbocycles. The van der Waals surface area contributed by atoms with Gasteiger partial charge in [-0.3, -0.25) is 4.79 Å². The van der Waals surface area contributed by atoms with Crippen LogP contribution in [0.25, 0.3) is 0 Å². The van der Waals surface area contributed by atoms with E-state index in [2.05, 4.69) is 0 Å². The molecule has 0 aromatic heterocycles. The SMILES string of the molecule is NS(=O)(=O)c1ccc(Cl)c(C(=O)NC2(C(F)(F)F)CC2)c1. The Labute approximate surface area is 123 Å². The molecular formula is C11H10ClF3N2O3S. The van der Waals surface area contributed by atoms with Crippen LogP contribution >= 0.6 is 11.6 Å². The van der Waals surface area contributed by atoms with Crippen molar-refractivity contribution in [1.82, 2.24) is 5.32 Å². The lowest BCUT2D eigenvalue weighted by molar-refractivity contribution is -0.163. The van der Waals surface area contributed by atoms with E-state index < -0.39 is 32.5 Å². The predicted molar refractivity (Wildman–Crippen MR) is 68.3 cm³/mol. The van der Waals surface area contributed by atoms with Crippen molar-refractivity contribution in [3.05, 3.63) is 28.8 Å². The van der Waals surface area contributed by atoms with Crippen molar-refractivity contribution in [2.45, 2.75) is 29.5 Å². The van der Waals surface area contributed by atoms with Gasteiger partial charge in [-0.25, -0.2) is 13.6 Å². The monoisotopic (exact) mass is 342 g/mol. The smallest absolute Gasteiger partial charge is 0.338 e. The van der Waals surface area contributed by atoms with Crippen LogP contribution in [0.3, 0.4) is 0 Å². The van der Waals surface area contributed by atoms with E-state index in [4.69, 9.17) is 16.7 Å². The second-order valence-corrected chi connectivity index (χ2v) is 6.69. The zero-order chi connectivity index (χ0) is 16.1. The van der Waals surface area contributed by atoms with Gasteiger partial charge in [-0.15, -0.1) is 0 Å². The molecule has 5 nitrogen and oxygen atoms in total. The van der Waals surface area contributed by atoms with Crippen molar-refractivity contribution in [3.63, 3.8) is 0 Å². The van der Waals surface area contributed by atoms with E-state index in [1.807, 2.05) is 5.32 Å². The molecule has 0 radical (unpaired) electrons. The van der Waals surface area contributed by atoms with Gasteiger partial charge < -0.3 is 5.32 Å². The molecule has 0 heterocycles. The first-order valence-corrected chi connectivity index (χ1v) is 7.60. The normalized spacial score (nSPS) is 17.4. The first kappa shape index (κ1) is 16.1. The number of benzene rings is 1. The van der Waals surface area contributed by atoms with Crippen molar-refractivity contribution in [2.24, 2.45) is 5.14 Å². The molecule has 2 rings (SSSR count). The number of nitrogens with one attached hydrogen (secondary N) is 1. The second-order valence-electron chi connectivity index (χ2n) is 4.72. The summed E-state index contributed by atoms with van der Waals surface area (Å²) in [5, 5.41) is 6.59. The van der Waals surface area contributed by atoms with E-state index in [-0.39, 0.29) is 23.4 Å². The third-order valence-electron chi connectivity index (χ3n) is 3.16. The molecule has 0 spiro atoms. The molecule has 21 heavy (non-hydrogen) atoms. The summed E-state index contributed by atoms with van der Waals surface area (Å²) >= 11 is 5.73. The Morgan fingerprint density at radius 1 is 1.33 bits per heavy atom. The summed E-state index contributed by atoms with van der Waals surface area (Å²) in [6, 6.07) is 2.99. The first-order valence-electron chi connectivity index (χ1n) is 5.68. The fourth-order valence-corrected chi connectivity index (χ4v) is 2.49. The van der Waals surface area contributed by atoms with Crippen molar-refractivity contribution >= 4 is 27.5 Å². The molecule has 0 atom stereocenters. The van der Waals surface area contributed by atoms with Crippen molar-refractivity contribution < 1.29 is 26.4 Å². The van der Waals surface area contributed by atoms with Gasteiger partial charge in [0.15, 0.2) is 0 Å². The summed E-state index contributed by atoms with van der Waals surface area (Å²) in [5.41, 5.74) is -2.64. The number of carbonyl (C=O) groups is 1. The summed E-state index contributed by atoms with van der Waals surface area (Å²) in [6.45, 7) is 0. The number of alkyl halides is 3. The standard InChI is InChI=1S/C11H10ClF3N2O3S/c12-8-2-1-6(21(16,19)20)5-7(8)9(18)17-10(3-4-10)11(13,14)15/h1-2,5H,3-4H2,(H,17,18)(H2,16,19,20). The van der Waals surface area contributed by atoms with Crippen LogP contribution in [-0.4, -0.2) is 26.0 Å².